The fraction of sp³-hybridized carbons (Fsp3) is 0.571. The first kappa shape index (κ1) is 15.8. The maximum absolute atomic E-state index is 12.0. The molecule has 0 aromatic carbocycles. The number of amides is 2. The van der Waals surface area contributed by atoms with E-state index in [4.69, 9.17) is 4.74 Å². The van der Waals surface area contributed by atoms with Gasteiger partial charge in [0.15, 0.2) is 6.04 Å². The van der Waals surface area contributed by atoms with Crippen molar-refractivity contribution in [1.29, 1.82) is 0 Å². The molecule has 2 rings (SSSR count). The van der Waals surface area contributed by atoms with Gasteiger partial charge in [-0.2, -0.15) is 0 Å². The van der Waals surface area contributed by atoms with Crippen molar-refractivity contribution >= 4 is 23.3 Å². The van der Waals surface area contributed by atoms with Crippen LogP contribution in [0.5, 0.6) is 0 Å². The molecular formula is C14H20N2O4S. The Balaban J connectivity index is 1.92. The van der Waals surface area contributed by atoms with Crippen molar-refractivity contribution < 1.29 is 19.4 Å². The minimum atomic E-state index is -1.07. The number of aliphatic carboxylic acids is 1. The molecule has 1 aliphatic heterocycles. The van der Waals surface area contributed by atoms with E-state index in [1.54, 1.807) is 17.5 Å². The molecule has 2 amide bonds. The van der Waals surface area contributed by atoms with Crippen LogP contribution in [0.3, 0.4) is 0 Å². The van der Waals surface area contributed by atoms with Gasteiger partial charge in [-0.15, -0.1) is 11.3 Å². The smallest absolute Gasteiger partial charge is 0.331 e. The average Bonchev–Trinajstić information content (AvgIpc) is 2.87. The average molecular weight is 312 g/mol. The highest BCUT2D eigenvalue weighted by Crippen LogP contribution is 2.24. The van der Waals surface area contributed by atoms with Crippen LogP contribution in [-0.2, 0) is 9.53 Å². The third kappa shape index (κ3) is 4.44. The van der Waals surface area contributed by atoms with Crippen LogP contribution in [0.15, 0.2) is 17.5 Å². The van der Waals surface area contributed by atoms with Crippen LogP contribution in [0.1, 0.15) is 37.6 Å². The standard InChI is InChI=1S/C14H20N2O4S/c1-14(2)8-9(5-6-20-14)15-13(19)16-11(12(17)18)10-4-3-7-21-10/h3-4,7,9,11H,5-6,8H2,1-2H3,(H,17,18)(H2,15,16,19). The van der Waals surface area contributed by atoms with Crippen LogP contribution in [0, 0.1) is 0 Å². The Bertz CT molecular complexity index is 501. The number of ether oxygens (including phenoxy) is 1. The molecule has 1 aliphatic rings. The lowest BCUT2D eigenvalue weighted by Gasteiger charge is -2.35. The van der Waals surface area contributed by atoms with E-state index in [2.05, 4.69) is 10.6 Å². The van der Waals surface area contributed by atoms with Crippen LogP contribution in [-0.4, -0.2) is 35.4 Å². The molecule has 1 saturated heterocycles. The fourth-order valence-corrected chi connectivity index (χ4v) is 3.19. The summed E-state index contributed by atoms with van der Waals surface area (Å²) in [6, 6.07) is 1.97. The molecule has 3 N–H and O–H groups in total. The third-order valence-corrected chi connectivity index (χ3v) is 4.32. The first-order valence-electron chi connectivity index (χ1n) is 6.84. The summed E-state index contributed by atoms with van der Waals surface area (Å²) >= 11 is 1.30. The van der Waals surface area contributed by atoms with Crippen molar-refractivity contribution in [2.45, 2.75) is 44.4 Å². The van der Waals surface area contributed by atoms with E-state index in [9.17, 15) is 14.7 Å². The number of hydrogen-bond acceptors (Lipinski definition) is 4. The zero-order valence-corrected chi connectivity index (χ0v) is 12.9. The molecule has 1 aromatic heterocycles. The molecule has 2 heterocycles. The molecule has 0 aliphatic carbocycles. The molecule has 0 spiro atoms. The topological polar surface area (TPSA) is 87.7 Å². The fourth-order valence-electron chi connectivity index (χ4n) is 2.42. The van der Waals surface area contributed by atoms with E-state index in [1.165, 1.54) is 11.3 Å². The highest BCUT2D eigenvalue weighted by Gasteiger charge is 2.30. The van der Waals surface area contributed by atoms with Crippen LogP contribution >= 0.6 is 11.3 Å². The summed E-state index contributed by atoms with van der Waals surface area (Å²) < 4.78 is 5.59. The van der Waals surface area contributed by atoms with Gasteiger partial charge in [0.2, 0.25) is 0 Å². The zero-order chi connectivity index (χ0) is 15.5. The van der Waals surface area contributed by atoms with E-state index < -0.39 is 18.0 Å². The lowest BCUT2D eigenvalue weighted by atomic mass is 9.94. The van der Waals surface area contributed by atoms with Crippen LogP contribution in [0.25, 0.3) is 0 Å². The van der Waals surface area contributed by atoms with Gasteiger partial charge in [0, 0.05) is 17.5 Å². The monoisotopic (exact) mass is 312 g/mol. The number of rotatable bonds is 4. The molecular weight excluding hydrogens is 292 g/mol. The van der Waals surface area contributed by atoms with Gasteiger partial charge in [0.05, 0.1) is 5.60 Å². The maximum atomic E-state index is 12.0. The molecule has 21 heavy (non-hydrogen) atoms. The van der Waals surface area contributed by atoms with E-state index in [0.717, 1.165) is 6.42 Å². The number of urea groups is 1. The van der Waals surface area contributed by atoms with E-state index in [0.29, 0.717) is 17.9 Å². The van der Waals surface area contributed by atoms with Crippen LogP contribution < -0.4 is 10.6 Å². The first-order valence-corrected chi connectivity index (χ1v) is 7.72. The Labute approximate surface area is 127 Å². The number of carbonyl (C=O) groups is 2. The van der Waals surface area contributed by atoms with Gasteiger partial charge in [-0.3, -0.25) is 0 Å². The van der Waals surface area contributed by atoms with Crippen LogP contribution in [0.2, 0.25) is 0 Å². The van der Waals surface area contributed by atoms with Crippen molar-refractivity contribution in [3.63, 3.8) is 0 Å². The molecule has 7 heteroatoms. The van der Waals surface area contributed by atoms with Crippen molar-refractivity contribution in [2.75, 3.05) is 6.61 Å². The molecule has 1 fully saturated rings. The minimum Gasteiger partial charge on any atom is -0.479 e. The second-order valence-corrected chi connectivity index (χ2v) is 6.68. The second kappa shape index (κ2) is 6.44. The van der Waals surface area contributed by atoms with Gasteiger partial charge in [-0.05, 0) is 38.1 Å². The minimum absolute atomic E-state index is 0.00784. The van der Waals surface area contributed by atoms with Gasteiger partial charge in [0.25, 0.3) is 0 Å². The summed E-state index contributed by atoms with van der Waals surface area (Å²) in [7, 11) is 0. The molecule has 0 saturated carbocycles. The summed E-state index contributed by atoms with van der Waals surface area (Å²) in [6.07, 6.45) is 1.44. The Morgan fingerprint density at radius 1 is 1.52 bits per heavy atom. The second-order valence-electron chi connectivity index (χ2n) is 5.70. The van der Waals surface area contributed by atoms with E-state index >= 15 is 0 Å². The van der Waals surface area contributed by atoms with E-state index in [1.807, 2.05) is 13.8 Å². The number of thiophene rings is 1. The van der Waals surface area contributed by atoms with Crippen molar-refractivity contribution in [3.8, 4) is 0 Å². The lowest BCUT2D eigenvalue weighted by molar-refractivity contribution is -0.139. The molecule has 0 radical (unpaired) electrons. The maximum Gasteiger partial charge on any atom is 0.331 e. The summed E-state index contributed by atoms with van der Waals surface area (Å²) in [5.41, 5.74) is -0.268. The molecule has 0 bridgehead atoms. The zero-order valence-electron chi connectivity index (χ0n) is 12.1. The predicted octanol–water partition coefficient (Wildman–Crippen LogP) is 2.13. The van der Waals surface area contributed by atoms with Crippen molar-refractivity contribution in [1.82, 2.24) is 10.6 Å². The van der Waals surface area contributed by atoms with Crippen LogP contribution in [0.4, 0.5) is 4.79 Å². The molecule has 116 valence electrons. The van der Waals surface area contributed by atoms with Gasteiger partial charge in [-0.1, -0.05) is 6.07 Å². The number of carboxylic acid groups (broad SMARTS) is 1. The summed E-state index contributed by atoms with van der Waals surface area (Å²) in [4.78, 5) is 23.9. The van der Waals surface area contributed by atoms with Crippen molar-refractivity contribution in [2.24, 2.45) is 0 Å². The quantitative estimate of drug-likeness (QED) is 0.795. The SMILES string of the molecule is CC1(C)CC(NC(=O)NC(C(=O)O)c2cccs2)CCO1. The summed E-state index contributed by atoms with van der Waals surface area (Å²) in [5.74, 6) is -1.07. The normalized spacial score (nSPS) is 22.3. The van der Waals surface area contributed by atoms with Gasteiger partial charge in [0.1, 0.15) is 0 Å². The number of hydrogen-bond donors (Lipinski definition) is 3. The highest BCUT2D eigenvalue weighted by molar-refractivity contribution is 7.10. The Kier molecular flexibility index (Phi) is 4.84. The van der Waals surface area contributed by atoms with Gasteiger partial charge < -0.3 is 20.5 Å². The highest BCUT2D eigenvalue weighted by atomic mass is 32.1. The Hall–Kier alpha value is -1.60. The number of nitrogens with one attached hydrogen (secondary N) is 2. The molecule has 1 aromatic rings. The van der Waals surface area contributed by atoms with Crippen molar-refractivity contribution in [3.05, 3.63) is 22.4 Å². The molecule has 6 nitrogen and oxygen atoms in total. The predicted molar refractivity (Wildman–Crippen MR) is 79.4 cm³/mol. The molecule has 2 unspecified atom stereocenters. The Morgan fingerprint density at radius 3 is 2.86 bits per heavy atom. The first-order chi connectivity index (χ1) is 9.87. The third-order valence-electron chi connectivity index (χ3n) is 3.38. The Morgan fingerprint density at radius 2 is 2.29 bits per heavy atom. The van der Waals surface area contributed by atoms with Gasteiger partial charge in [-0.25, -0.2) is 9.59 Å². The lowest BCUT2D eigenvalue weighted by Crippen LogP contribution is -2.50. The largest absolute Gasteiger partial charge is 0.479 e. The van der Waals surface area contributed by atoms with Gasteiger partial charge >= 0.3 is 12.0 Å². The van der Waals surface area contributed by atoms with E-state index in [-0.39, 0.29) is 11.6 Å². The number of carbonyl (C=O) groups excluding carboxylic acids is 1. The summed E-state index contributed by atoms with van der Waals surface area (Å²) in [5, 5.41) is 16.4. The number of carboxylic acids is 1. The molecule has 2 atom stereocenters. The summed E-state index contributed by atoms with van der Waals surface area (Å²) in [6.45, 7) is 4.54.